The molecule has 3 N–H and O–H groups in total. The Kier molecular flexibility index (Phi) is 4.14. The lowest BCUT2D eigenvalue weighted by Gasteiger charge is -2.17. The van der Waals surface area contributed by atoms with E-state index in [4.69, 9.17) is 5.73 Å². The number of benzene rings is 2. The molecule has 2 heteroatoms. The third-order valence-electron chi connectivity index (χ3n) is 4.15. The molecule has 2 atom stereocenters. The van der Waals surface area contributed by atoms with Crippen molar-refractivity contribution in [1.82, 2.24) is 5.32 Å². The zero-order valence-electron chi connectivity index (χ0n) is 11.8. The van der Waals surface area contributed by atoms with Crippen LogP contribution in [-0.4, -0.2) is 12.6 Å². The molecule has 2 aromatic rings. The first-order chi connectivity index (χ1) is 9.83. The summed E-state index contributed by atoms with van der Waals surface area (Å²) < 4.78 is 0. The molecule has 0 aliphatic carbocycles. The second-order valence-electron chi connectivity index (χ2n) is 5.62. The molecule has 2 aromatic carbocycles. The summed E-state index contributed by atoms with van der Waals surface area (Å²) in [6.07, 6.45) is 3.57. The minimum atomic E-state index is 0.135. The van der Waals surface area contributed by atoms with Gasteiger partial charge in [-0.2, -0.15) is 0 Å². The molecule has 104 valence electrons. The van der Waals surface area contributed by atoms with Gasteiger partial charge in [0.25, 0.3) is 0 Å². The molecule has 0 bridgehead atoms. The minimum Gasteiger partial charge on any atom is -0.324 e. The third kappa shape index (κ3) is 3.09. The van der Waals surface area contributed by atoms with Gasteiger partial charge in [0, 0.05) is 12.1 Å². The molecule has 1 saturated heterocycles. The van der Waals surface area contributed by atoms with Crippen LogP contribution in [0.3, 0.4) is 0 Å². The number of hydrogen-bond acceptors (Lipinski definition) is 2. The summed E-state index contributed by atoms with van der Waals surface area (Å²) in [6, 6.07) is 19.9. The van der Waals surface area contributed by atoms with Gasteiger partial charge >= 0.3 is 0 Å². The number of nitrogens with one attached hydrogen (secondary N) is 1. The van der Waals surface area contributed by atoms with Gasteiger partial charge in [0.05, 0.1) is 0 Å². The smallest absolute Gasteiger partial charge is 0.0309 e. The molecular weight excluding hydrogens is 244 g/mol. The van der Waals surface area contributed by atoms with E-state index in [0.29, 0.717) is 6.04 Å². The van der Waals surface area contributed by atoms with Gasteiger partial charge in [0.15, 0.2) is 0 Å². The van der Waals surface area contributed by atoms with Crippen molar-refractivity contribution < 1.29 is 0 Å². The summed E-state index contributed by atoms with van der Waals surface area (Å²) in [7, 11) is 0. The highest BCUT2D eigenvalue weighted by atomic mass is 14.9. The van der Waals surface area contributed by atoms with E-state index in [1.165, 1.54) is 29.5 Å². The molecule has 1 aliphatic heterocycles. The molecule has 3 rings (SSSR count). The predicted octanol–water partition coefficient (Wildman–Crippen LogP) is 3.50. The maximum Gasteiger partial charge on any atom is 0.0309 e. The van der Waals surface area contributed by atoms with Gasteiger partial charge in [0.2, 0.25) is 0 Å². The standard InChI is InChI=1S/C18H22N2/c19-18(13-17-7-4-12-20-17)16-10-8-15(9-11-16)14-5-2-1-3-6-14/h1-3,5-6,8-11,17-18,20H,4,7,12-13,19H2. The monoisotopic (exact) mass is 266 g/mol. The molecule has 1 fully saturated rings. The van der Waals surface area contributed by atoms with Crippen LogP contribution in [0.4, 0.5) is 0 Å². The van der Waals surface area contributed by atoms with E-state index in [-0.39, 0.29) is 6.04 Å². The lowest BCUT2D eigenvalue weighted by atomic mass is 9.97. The summed E-state index contributed by atoms with van der Waals surface area (Å²) in [5, 5.41) is 3.51. The van der Waals surface area contributed by atoms with Crippen molar-refractivity contribution in [3.8, 4) is 11.1 Å². The van der Waals surface area contributed by atoms with Crippen LogP contribution in [0.2, 0.25) is 0 Å². The molecule has 1 aliphatic rings. The first-order valence-electron chi connectivity index (χ1n) is 7.47. The number of hydrogen-bond donors (Lipinski definition) is 2. The lowest BCUT2D eigenvalue weighted by molar-refractivity contribution is 0.499. The van der Waals surface area contributed by atoms with Gasteiger partial charge in [-0.3, -0.25) is 0 Å². The van der Waals surface area contributed by atoms with Crippen LogP contribution in [0, 0.1) is 0 Å². The number of rotatable bonds is 4. The van der Waals surface area contributed by atoms with Crippen LogP contribution in [0.15, 0.2) is 54.6 Å². The van der Waals surface area contributed by atoms with Crippen LogP contribution < -0.4 is 11.1 Å². The molecule has 0 aromatic heterocycles. The molecule has 20 heavy (non-hydrogen) atoms. The van der Waals surface area contributed by atoms with Crippen molar-refractivity contribution in [3.05, 3.63) is 60.2 Å². The normalized spacial score (nSPS) is 19.9. The van der Waals surface area contributed by atoms with Crippen molar-refractivity contribution in [2.45, 2.75) is 31.3 Å². The molecule has 0 spiro atoms. The number of nitrogens with two attached hydrogens (primary N) is 1. The van der Waals surface area contributed by atoms with Crippen molar-refractivity contribution in [1.29, 1.82) is 0 Å². The average molecular weight is 266 g/mol. The molecule has 0 saturated carbocycles. The molecule has 2 nitrogen and oxygen atoms in total. The molecule has 2 unspecified atom stereocenters. The summed E-state index contributed by atoms with van der Waals surface area (Å²) in [5.74, 6) is 0. The average Bonchev–Trinajstić information content (AvgIpc) is 3.01. The topological polar surface area (TPSA) is 38.0 Å². The van der Waals surface area contributed by atoms with E-state index >= 15 is 0 Å². The molecular formula is C18H22N2. The largest absolute Gasteiger partial charge is 0.324 e. The van der Waals surface area contributed by atoms with E-state index in [2.05, 4.69) is 53.8 Å². The third-order valence-corrected chi connectivity index (χ3v) is 4.15. The summed E-state index contributed by atoms with van der Waals surface area (Å²) in [5.41, 5.74) is 10.1. The Hall–Kier alpha value is -1.64. The van der Waals surface area contributed by atoms with Gasteiger partial charge in [-0.25, -0.2) is 0 Å². The van der Waals surface area contributed by atoms with E-state index in [9.17, 15) is 0 Å². The van der Waals surface area contributed by atoms with Crippen LogP contribution in [0.5, 0.6) is 0 Å². The van der Waals surface area contributed by atoms with E-state index in [1.54, 1.807) is 0 Å². The van der Waals surface area contributed by atoms with Gasteiger partial charge in [-0.15, -0.1) is 0 Å². The fourth-order valence-electron chi connectivity index (χ4n) is 2.95. The van der Waals surface area contributed by atoms with Gasteiger partial charge < -0.3 is 11.1 Å². The highest BCUT2D eigenvalue weighted by molar-refractivity contribution is 5.63. The fraction of sp³-hybridized carbons (Fsp3) is 0.333. The van der Waals surface area contributed by atoms with Gasteiger partial charge in [-0.1, -0.05) is 54.6 Å². The minimum absolute atomic E-state index is 0.135. The van der Waals surface area contributed by atoms with E-state index in [1.807, 2.05) is 6.07 Å². The Morgan fingerprint density at radius 3 is 2.35 bits per heavy atom. The van der Waals surface area contributed by atoms with Gasteiger partial charge in [-0.05, 0) is 42.5 Å². The SMILES string of the molecule is NC(CC1CCCN1)c1ccc(-c2ccccc2)cc1. The zero-order valence-corrected chi connectivity index (χ0v) is 11.8. The summed E-state index contributed by atoms with van der Waals surface area (Å²) >= 11 is 0. The Morgan fingerprint density at radius 1 is 1.00 bits per heavy atom. The Morgan fingerprint density at radius 2 is 1.70 bits per heavy atom. The Bertz CT molecular complexity index is 527. The second-order valence-corrected chi connectivity index (χ2v) is 5.62. The van der Waals surface area contributed by atoms with Crippen molar-refractivity contribution in [2.75, 3.05) is 6.54 Å². The maximum absolute atomic E-state index is 6.32. The summed E-state index contributed by atoms with van der Waals surface area (Å²) in [4.78, 5) is 0. The van der Waals surface area contributed by atoms with Crippen molar-refractivity contribution in [3.63, 3.8) is 0 Å². The molecule has 1 heterocycles. The summed E-state index contributed by atoms with van der Waals surface area (Å²) in [6.45, 7) is 1.14. The highest BCUT2D eigenvalue weighted by Gasteiger charge is 2.18. The van der Waals surface area contributed by atoms with Crippen molar-refractivity contribution in [2.24, 2.45) is 5.73 Å². The molecule has 0 amide bonds. The Labute approximate surface area is 121 Å². The van der Waals surface area contributed by atoms with Crippen molar-refractivity contribution >= 4 is 0 Å². The maximum atomic E-state index is 6.32. The first kappa shape index (κ1) is 13.3. The van der Waals surface area contributed by atoms with Crippen LogP contribution in [0.25, 0.3) is 11.1 Å². The lowest BCUT2D eigenvalue weighted by Crippen LogP contribution is -2.26. The van der Waals surface area contributed by atoms with Crippen LogP contribution >= 0.6 is 0 Å². The van der Waals surface area contributed by atoms with Crippen LogP contribution in [-0.2, 0) is 0 Å². The Balaban J connectivity index is 1.69. The second kappa shape index (κ2) is 6.21. The highest BCUT2D eigenvalue weighted by Crippen LogP contribution is 2.24. The van der Waals surface area contributed by atoms with Gasteiger partial charge in [0.1, 0.15) is 0 Å². The van der Waals surface area contributed by atoms with E-state index in [0.717, 1.165) is 13.0 Å². The van der Waals surface area contributed by atoms with E-state index < -0.39 is 0 Å². The first-order valence-corrected chi connectivity index (χ1v) is 7.47. The van der Waals surface area contributed by atoms with Crippen LogP contribution in [0.1, 0.15) is 30.9 Å². The zero-order chi connectivity index (χ0) is 13.8. The molecule has 0 radical (unpaired) electrons. The quantitative estimate of drug-likeness (QED) is 0.889. The fourth-order valence-corrected chi connectivity index (χ4v) is 2.95. The predicted molar refractivity (Wildman–Crippen MR) is 84.4 cm³/mol.